The minimum absolute atomic E-state index is 0.209. The topological polar surface area (TPSA) is 65.8 Å². The summed E-state index contributed by atoms with van der Waals surface area (Å²) in [6, 6.07) is 14.2. The predicted molar refractivity (Wildman–Crippen MR) is 59.9 cm³/mol. The molecule has 0 aliphatic heterocycles. The Balaban J connectivity index is 2.26. The van der Waals surface area contributed by atoms with Crippen molar-refractivity contribution in [1.82, 2.24) is 4.98 Å². The Morgan fingerprint density at radius 1 is 1.18 bits per heavy atom. The van der Waals surface area contributed by atoms with Crippen molar-refractivity contribution in [2.45, 2.75) is 6.61 Å². The highest BCUT2D eigenvalue weighted by Gasteiger charge is 2.06. The second kappa shape index (κ2) is 5.10. The monoisotopic (exact) mass is 225 g/mol. The van der Waals surface area contributed by atoms with Crippen LogP contribution < -0.4 is 4.74 Å². The van der Waals surface area contributed by atoms with Crippen molar-refractivity contribution in [2.75, 3.05) is 0 Å². The van der Waals surface area contributed by atoms with Gasteiger partial charge in [-0.25, -0.2) is 10.1 Å². The normalized spacial score (nSPS) is 9.65. The van der Waals surface area contributed by atoms with Gasteiger partial charge in [-0.05, 0) is 18.2 Å². The van der Waals surface area contributed by atoms with Gasteiger partial charge in [-0.1, -0.05) is 18.2 Å². The van der Waals surface area contributed by atoms with Crippen LogP contribution in [0.5, 0.6) is 11.6 Å². The molecule has 17 heavy (non-hydrogen) atoms. The quantitative estimate of drug-likeness (QED) is 0.806. The number of para-hydroxylation sites is 1. The molecule has 0 unspecified atom stereocenters. The standard InChI is InChI=1S/C13H9N2O2/c14-8-10-6-7-13(15-12(10)9-16)17-11-4-2-1-3-5-11/h1-7H,9H2. The zero-order chi connectivity index (χ0) is 12.1. The smallest absolute Gasteiger partial charge is 0.219 e. The number of benzene rings is 1. The molecule has 0 fully saturated rings. The van der Waals surface area contributed by atoms with Crippen LogP contribution in [0.4, 0.5) is 0 Å². The van der Waals surface area contributed by atoms with Gasteiger partial charge in [0.25, 0.3) is 0 Å². The largest absolute Gasteiger partial charge is 0.439 e. The molecular weight excluding hydrogens is 216 g/mol. The summed E-state index contributed by atoms with van der Waals surface area (Å²) in [5, 5.41) is 19.6. The Kier molecular flexibility index (Phi) is 3.34. The van der Waals surface area contributed by atoms with E-state index in [2.05, 4.69) is 4.98 Å². The van der Waals surface area contributed by atoms with Gasteiger partial charge < -0.3 is 4.74 Å². The van der Waals surface area contributed by atoms with E-state index < -0.39 is 6.61 Å². The first-order valence-corrected chi connectivity index (χ1v) is 5.04. The maximum Gasteiger partial charge on any atom is 0.219 e. The number of aromatic nitrogens is 1. The molecule has 0 spiro atoms. The molecule has 1 heterocycles. The van der Waals surface area contributed by atoms with Crippen LogP contribution in [0.15, 0.2) is 42.5 Å². The Labute approximate surface area is 98.7 Å². The minimum Gasteiger partial charge on any atom is -0.439 e. The molecule has 0 saturated carbocycles. The summed E-state index contributed by atoms with van der Waals surface area (Å²) in [6.45, 7) is -0.533. The Bertz CT molecular complexity index is 547. The SMILES string of the molecule is N#Cc1ccc(Oc2ccccc2)nc1C[O]. The van der Waals surface area contributed by atoms with Gasteiger partial charge in [0.15, 0.2) is 0 Å². The number of pyridine rings is 1. The Hall–Kier alpha value is -2.38. The average molecular weight is 225 g/mol. The number of ether oxygens (including phenoxy) is 1. The maximum absolute atomic E-state index is 10.8. The van der Waals surface area contributed by atoms with Gasteiger partial charge in [-0.3, -0.25) is 0 Å². The van der Waals surface area contributed by atoms with E-state index in [9.17, 15) is 5.11 Å². The molecule has 0 saturated heterocycles. The number of hydrogen-bond donors (Lipinski definition) is 0. The van der Waals surface area contributed by atoms with Crippen LogP contribution in [-0.4, -0.2) is 4.98 Å². The zero-order valence-electron chi connectivity index (χ0n) is 8.96. The van der Waals surface area contributed by atoms with Crippen LogP contribution in [0.3, 0.4) is 0 Å². The summed E-state index contributed by atoms with van der Waals surface area (Å²) in [7, 11) is 0. The molecule has 0 atom stereocenters. The summed E-state index contributed by atoms with van der Waals surface area (Å²) in [5.74, 6) is 0.961. The van der Waals surface area contributed by atoms with Crippen molar-refractivity contribution in [3.8, 4) is 17.7 Å². The lowest BCUT2D eigenvalue weighted by Gasteiger charge is -2.05. The molecule has 0 aliphatic carbocycles. The third-order valence-corrected chi connectivity index (χ3v) is 2.17. The van der Waals surface area contributed by atoms with Crippen molar-refractivity contribution >= 4 is 0 Å². The van der Waals surface area contributed by atoms with Crippen LogP contribution in [0.1, 0.15) is 11.3 Å². The van der Waals surface area contributed by atoms with Gasteiger partial charge in [0.05, 0.1) is 11.3 Å². The van der Waals surface area contributed by atoms with Crippen molar-refractivity contribution in [3.05, 3.63) is 53.7 Å². The lowest BCUT2D eigenvalue weighted by atomic mass is 10.2. The molecule has 0 amide bonds. The molecule has 0 aliphatic rings. The number of rotatable bonds is 3. The van der Waals surface area contributed by atoms with Gasteiger partial charge in [0.1, 0.15) is 18.4 Å². The molecule has 0 bridgehead atoms. The summed E-state index contributed by atoms with van der Waals surface area (Å²) >= 11 is 0. The highest BCUT2D eigenvalue weighted by atomic mass is 16.5. The fourth-order valence-electron chi connectivity index (χ4n) is 1.36. The van der Waals surface area contributed by atoms with Crippen LogP contribution in [0, 0.1) is 11.3 Å². The fraction of sp³-hybridized carbons (Fsp3) is 0.0769. The minimum atomic E-state index is -0.533. The van der Waals surface area contributed by atoms with E-state index in [0.717, 1.165) is 0 Å². The highest BCUT2D eigenvalue weighted by molar-refractivity contribution is 5.36. The number of hydrogen-bond acceptors (Lipinski definition) is 3. The summed E-state index contributed by atoms with van der Waals surface area (Å²) in [6.07, 6.45) is 0. The first-order chi connectivity index (χ1) is 8.33. The number of nitriles is 1. The van der Waals surface area contributed by atoms with Crippen LogP contribution in [-0.2, 0) is 11.7 Å². The van der Waals surface area contributed by atoms with Crippen molar-refractivity contribution in [1.29, 1.82) is 5.26 Å². The van der Waals surface area contributed by atoms with Crippen LogP contribution in [0.25, 0.3) is 0 Å². The fourth-order valence-corrected chi connectivity index (χ4v) is 1.36. The van der Waals surface area contributed by atoms with E-state index in [1.165, 1.54) is 0 Å². The lowest BCUT2D eigenvalue weighted by Crippen LogP contribution is -1.96. The highest BCUT2D eigenvalue weighted by Crippen LogP contribution is 2.20. The van der Waals surface area contributed by atoms with Gasteiger partial charge in [0.2, 0.25) is 5.88 Å². The molecule has 1 radical (unpaired) electrons. The first-order valence-electron chi connectivity index (χ1n) is 5.04. The molecule has 1 aromatic heterocycles. The van der Waals surface area contributed by atoms with Crippen LogP contribution >= 0.6 is 0 Å². The van der Waals surface area contributed by atoms with E-state index >= 15 is 0 Å². The molecule has 2 aromatic rings. The van der Waals surface area contributed by atoms with E-state index in [-0.39, 0.29) is 5.69 Å². The second-order valence-corrected chi connectivity index (χ2v) is 3.31. The van der Waals surface area contributed by atoms with E-state index in [1.54, 1.807) is 24.3 Å². The summed E-state index contributed by atoms with van der Waals surface area (Å²) < 4.78 is 5.46. The summed E-state index contributed by atoms with van der Waals surface area (Å²) in [5.41, 5.74) is 0.501. The van der Waals surface area contributed by atoms with Gasteiger partial charge in [-0.2, -0.15) is 5.26 Å². The average Bonchev–Trinajstić information content (AvgIpc) is 2.40. The molecule has 83 valence electrons. The van der Waals surface area contributed by atoms with Gasteiger partial charge >= 0.3 is 0 Å². The van der Waals surface area contributed by atoms with Crippen LogP contribution in [0.2, 0.25) is 0 Å². The van der Waals surface area contributed by atoms with Crippen molar-refractivity contribution in [2.24, 2.45) is 0 Å². The Morgan fingerprint density at radius 2 is 1.94 bits per heavy atom. The third kappa shape index (κ3) is 2.60. The summed E-state index contributed by atoms with van der Waals surface area (Å²) in [4.78, 5) is 4.00. The zero-order valence-corrected chi connectivity index (χ0v) is 8.96. The van der Waals surface area contributed by atoms with E-state index in [0.29, 0.717) is 17.2 Å². The molecular formula is C13H9N2O2. The van der Waals surface area contributed by atoms with Crippen molar-refractivity contribution < 1.29 is 9.84 Å². The van der Waals surface area contributed by atoms with E-state index in [1.807, 2.05) is 24.3 Å². The van der Waals surface area contributed by atoms with Gasteiger partial charge in [0, 0.05) is 6.07 Å². The van der Waals surface area contributed by atoms with E-state index in [4.69, 9.17) is 10.00 Å². The maximum atomic E-state index is 10.8. The molecule has 1 aromatic carbocycles. The number of nitrogens with zero attached hydrogens (tertiary/aromatic N) is 2. The molecule has 0 N–H and O–H groups in total. The van der Waals surface area contributed by atoms with Gasteiger partial charge in [-0.15, -0.1) is 0 Å². The molecule has 2 rings (SSSR count). The molecule has 4 heteroatoms. The third-order valence-electron chi connectivity index (χ3n) is 2.17. The second-order valence-electron chi connectivity index (χ2n) is 3.31. The molecule has 4 nitrogen and oxygen atoms in total. The van der Waals surface area contributed by atoms with Crippen molar-refractivity contribution in [3.63, 3.8) is 0 Å². The predicted octanol–water partition coefficient (Wildman–Crippen LogP) is 2.68. The Morgan fingerprint density at radius 3 is 2.59 bits per heavy atom. The first kappa shape index (κ1) is 11.1. The lowest BCUT2D eigenvalue weighted by molar-refractivity contribution is 0.173.